The number of anilines is 1. The highest BCUT2D eigenvalue weighted by molar-refractivity contribution is 6.13. The number of ether oxygens (including phenoxy) is 2. The smallest absolute Gasteiger partial charge is 0.247 e. The third-order valence-electron chi connectivity index (χ3n) is 13.4. The van der Waals surface area contributed by atoms with Crippen LogP contribution in [0.25, 0.3) is 0 Å². The van der Waals surface area contributed by atoms with Gasteiger partial charge in [-0.3, -0.25) is 19.5 Å². The molecule has 10 nitrogen and oxygen atoms in total. The second-order valence-corrected chi connectivity index (χ2v) is 19.8. The van der Waals surface area contributed by atoms with Gasteiger partial charge in [-0.1, -0.05) is 71.9 Å². The quantitative estimate of drug-likeness (QED) is 0.224. The van der Waals surface area contributed by atoms with Gasteiger partial charge in [0.1, 0.15) is 30.1 Å². The molecule has 1 amide bonds. The molecule has 0 atom stereocenters. The maximum Gasteiger partial charge on any atom is 0.247 e. The van der Waals surface area contributed by atoms with Gasteiger partial charge in [0.15, 0.2) is 0 Å². The Bertz CT molecular complexity index is 1790. The molecule has 3 saturated heterocycles. The van der Waals surface area contributed by atoms with E-state index in [4.69, 9.17) is 9.47 Å². The van der Waals surface area contributed by atoms with Crippen LogP contribution in [0.15, 0.2) is 60.7 Å². The topological polar surface area (TPSA) is 58.2 Å². The Morgan fingerprint density at radius 1 is 0.508 bits per heavy atom. The molecule has 0 spiro atoms. The van der Waals surface area contributed by atoms with Gasteiger partial charge in [-0.25, -0.2) is 0 Å². The van der Waals surface area contributed by atoms with Crippen LogP contribution >= 0.6 is 0 Å². The zero-order valence-electron chi connectivity index (χ0n) is 37.9. The number of rotatable bonds is 13. The molecule has 0 unspecified atom stereocenters. The molecule has 0 aliphatic carbocycles. The molecule has 0 bridgehead atoms. The van der Waals surface area contributed by atoms with Crippen LogP contribution in [0, 0.1) is 0 Å². The van der Waals surface area contributed by atoms with Crippen molar-refractivity contribution in [3.05, 3.63) is 88.5 Å². The summed E-state index contributed by atoms with van der Waals surface area (Å²) in [5.41, 5.74) is 4.57. The molecule has 322 valence electrons. The maximum absolute atomic E-state index is 16.3. The van der Waals surface area contributed by atoms with E-state index < -0.39 is 5.41 Å². The molecule has 0 N–H and O–H groups in total. The van der Waals surface area contributed by atoms with Gasteiger partial charge in [0, 0.05) is 127 Å². The summed E-state index contributed by atoms with van der Waals surface area (Å²) in [5.74, 6) is 1.60. The van der Waals surface area contributed by atoms with Crippen LogP contribution in [0.5, 0.6) is 11.5 Å². The molecule has 4 aliphatic heterocycles. The van der Waals surface area contributed by atoms with Crippen molar-refractivity contribution in [2.45, 2.75) is 57.8 Å². The first-order valence-corrected chi connectivity index (χ1v) is 22.3. The number of piperazine rings is 3. The predicted molar refractivity (Wildman–Crippen MR) is 242 cm³/mol. The average molecular weight is 808 g/mol. The number of nitrogens with zero attached hydrogens (tertiary/aromatic N) is 7. The molecule has 7 rings (SSSR count). The highest BCUT2D eigenvalue weighted by Crippen LogP contribution is 2.56. The highest BCUT2D eigenvalue weighted by atomic mass is 16.5. The van der Waals surface area contributed by atoms with E-state index >= 15 is 4.79 Å². The Balaban J connectivity index is 1.37. The van der Waals surface area contributed by atoms with Gasteiger partial charge in [-0.2, -0.15) is 0 Å². The summed E-state index contributed by atoms with van der Waals surface area (Å²) in [5, 5.41) is 0. The molecule has 59 heavy (non-hydrogen) atoms. The minimum Gasteiger partial charge on any atom is -0.492 e. The Morgan fingerprint density at radius 2 is 0.915 bits per heavy atom. The summed E-state index contributed by atoms with van der Waals surface area (Å²) in [7, 11) is 6.58. The fraction of sp³-hybridized carbons (Fsp3) is 0.612. The summed E-state index contributed by atoms with van der Waals surface area (Å²) in [6.07, 6.45) is 0. The normalized spacial score (nSPS) is 20.6. The lowest BCUT2D eigenvalue weighted by Gasteiger charge is -2.36. The van der Waals surface area contributed by atoms with Crippen molar-refractivity contribution in [3.63, 3.8) is 0 Å². The van der Waals surface area contributed by atoms with E-state index in [9.17, 15) is 0 Å². The molecule has 4 heterocycles. The summed E-state index contributed by atoms with van der Waals surface area (Å²) in [4.78, 5) is 33.1. The second kappa shape index (κ2) is 18.2. The van der Waals surface area contributed by atoms with E-state index in [1.165, 1.54) is 11.1 Å². The molecule has 3 aromatic carbocycles. The van der Waals surface area contributed by atoms with Crippen molar-refractivity contribution in [1.82, 2.24) is 29.4 Å². The van der Waals surface area contributed by atoms with Gasteiger partial charge in [0.05, 0.1) is 0 Å². The third-order valence-corrected chi connectivity index (χ3v) is 13.4. The number of benzene rings is 3. The minimum atomic E-state index is -1.21. The average Bonchev–Trinajstić information content (AvgIpc) is 3.45. The number of carbonyl (C=O) groups is 1. The lowest BCUT2D eigenvalue weighted by molar-refractivity contribution is -0.120. The molecule has 0 aromatic heterocycles. The van der Waals surface area contributed by atoms with Gasteiger partial charge >= 0.3 is 0 Å². The first-order valence-electron chi connectivity index (χ1n) is 22.3. The number of para-hydroxylation sites is 1. The van der Waals surface area contributed by atoms with E-state index in [-0.39, 0.29) is 16.7 Å². The standard InChI is InChI=1S/C49H73N7O3/c1-47(2,3)38-14-16-44(58-34-32-54-26-20-51(8)21-27-54)41(36-38)49(40-12-10-11-13-43(40)56(46(49)57)31-30-53-24-18-50(7)19-25-53)42-37-39(48(4,5)6)15-17-45(42)59-35-33-55-28-22-52(9)23-29-55/h10-17,36-37H,18-35H2,1-9H3. The number of hydrogen-bond acceptors (Lipinski definition) is 9. The largest absolute Gasteiger partial charge is 0.492 e. The van der Waals surface area contributed by atoms with E-state index in [1.807, 2.05) is 0 Å². The Hall–Kier alpha value is -3.51. The minimum absolute atomic E-state index is 0.0674. The van der Waals surface area contributed by atoms with E-state index in [1.54, 1.807) is 0 Å². The Labute approximate surface area is 356 Å². The van der Waals surface area contributed by atoms with Crippen molar-refractivity contribution < 1.29 is 14.3 Å². The first-order chi connectivity index (χ1) is 28.1. The molecule has 4 aliphatic rings. The van der Waals surface area contributed by atoms with Gasteiger partial charge in [0.25, 0.3) is 0 Å². The molecule has 3 aromatic rings. The maximum atomic E-state index is 16.3. The Morgan fingerprint density at radius 3 is 1.34 bits per heavy atom. The van der Waals surface area contributed by atoms with Crippen molar-refractivity contribution >= 4 is 11.6 Å². The van der Waals surface area contributed by atoms with Gasteiger partial charge < -0.3 is 29.1 Å². The van der Waals surface area contributed by atoms with Crippen LogP contribution in [0.3, 0.4) is 0 Å². The summed E-state index contributed by atoms with van der Waals surface area (Å²) >= 11 is 0. The summed E-state index contributed by atoms with van der Waals surface area (Å²) < 4.78 is 13.9. The Kier molecular flexibility index (Phi) is 13.5. The van der Waals surface area contributed by atoms with Crippen molar-refractivity contribution in [2.75, 3.05) is 144 Å². The molecular weight excluding hydrogens is 735 g/mol. The summed E-state index contributed by atoms with van der Waals surface area (Å²) in [6.45, 7) is 30.2. The van der Waals surface area contributed by atoms with Crippen LogP contribution in [0.1, 0.15) is 69.4 Å². The van der Waals surface area contributed by atoms with Crippen molar-refractivity contribution in [1.29, 1.82) is 0 Å². The van der Waals surface area contributed by atoms with Gasteiger partial charge in [-0.05, 0) is 73.4 Å². The molecular formula is C49H73N7O3. The van der Waals surface area contributed by atoms with Crippen LogP contribution < -0.4 is 14.4 Å². The molecule has 0 radical (unpaired) electrons. The lowest BCUT2D eigenvalue weighted by Crippen LogP contribution is -2.49. The van der Waals surface area contributed by atoms with Crippen LogP contribution in [-0.2, 0) is 21.0 Å². The zero-order chi connectivity index (χ0) is 42.0. The number of carbonyl (C=O) groups excluding carboxylic acids is 1. The molecule has 3 fully saturated rings. The predicted octanol–water partition coefficient (Wildman–Crippen LogP) is 5.46. The number of fused-ring (bicyclic) bond motifs is 1. The first kappa shape index (κ1) is 43.6. The lowest BCUT2D eigenvalue weighted by atomic mass is 9.67. The van der Waals surface area contributed by atoms with E-state index in [0.29, 0.717) is 19.8 Å². The van der Waals surface area contributed by atoms with Crippen molar-refractivity contribution in [2.24, 2.45) is 0 Å². The number of amides is 1. The fourth-order valence-electron chi connectivity index (χ4n) is 9.20. The molecule has 10 heteroatoms. The fourth-order valence-corrected chi connectivity index (χ4v) is 9.20. The van der Waals surface area contributed by atoms with Crippen LogP contribution in [0.2, 0.25) is 0 Å². The van der Waals surface area contributed by atoms with E-state index in [2.05, 4.69) is 158 Å². The monoisotopic (exact) mass is 808 g/mol. The summed E-state index contributed by atoms with van der Waals surface area (Å²) in [6, 6.07) is 21.8. The molecule has 0 saturated carbocycles. The van der Waals surface area contributed by atoms with E-state index in [0.717, 1.165) is 132 Å². The van der Waals surface area contributed by atoms with Gasteiger partial charge in [-0.15, -0.1) is 0 Å². The van der Waals surface area contributed by atoms with Crippen LogP contribution in [-0.4, -0.2) is 174 Å². The SMILES string of the molecule is CN1CCN(CCOc2ccc(C(C)(C)C)cc2C2(c3cc(C(C)(C)C)ccc3OCCN3CCN(C)CC3)C(=O)N(CCN3CCN(C)CC3)c3ccccc32)CC1. The zero-order valence-corrected chi connectivity index (χ0v) is 37.9. The van der Waals surface area contributed by atoms with Crippen LogP contribution in [0.4, 0.5) is 5.69 Å². The van der Waals surface area contributed by atoms with Crippen molar-refractivity contribution in [3.8, 4) is 11.5 Å². The number of hydrogen-bond donors (Lipinski definition) is 0. The second-order valence-electron chi connectivity index (χ2n) is 19.8. The van der Waals surface area contributed by atoms with Gasteiger partial charge in [0.2, 0.25) is 5.91 Å². The number of likely N-dealkylation sites (N-methyl/N-ethyl adjacent to an activating group) is 3. The highest BCUT2D eigenvalue weighted by Gasteiger charge is 2.56. The third kappa shape index (κ3) is 9.69.